The number of aliphatic hydroxyl groups is 1. The number of para-hydroxylation sites is 2. The van der Waals surface area contributed by atoms with E-state index in [2.05, 4.69) is 33.4 Å². The third-order valence-corrected chi connectivity index (χ3v) is 10.2. The van der Waals surface area contributed by atoms with Crippen LogP contribution in [-0.4, -0.2) is 58.6 Å². The van der Waals surface area contributed by atoms with Crippen molar-refractivity contribution in [1.29, 1.82) is 0 Å². The summed E-state index contributed by atoms with van der Waals surface area (Å²) < 4.78 is 28.5. The van der Waals surface area contributed by atoms with Gasteiger partial charge in [0.1, 0.15) is 12.3 Å². The molecule has 2 aromatic heterocycles. The summed E-state index contributed by atoms with van der Waals surface area (Å²) in [4.78, 5) is 16.6. The molecule has 1 amide bonds. The van der Waals surface area contributed by atoms with Gasteiger partial charge in [0.05, 0.1) is 48.0 Å². The highest BCUT2D eigenvalue weighted by atomic mass is 16.6. The van der Waals surface area contributed by atoms with Crippen molar-refractivity contribution in [3.63, 3.8) is 0 Å². The molecule has 228 valence electrons. The Labute approximate surface area is 259 Å². The predicted molar refractivity (Wildman–Crippen MR) is 171 cm³/mol. The van der Waals surface area contributed by atoms with E-state index in [0.717, 1.165) is 60.3 Å². The van der Waals surface area contributed by atoms with Gasteiger partial charge in [0, 0.05) is 48.2 Å². The summed E-state index contributed by atoms with van der Waals surface area (Å²) in [5.74, 6) is 1.28. The summed E-state index contributed by atoms with van der Waals surface area (Å²) in [6, 6.07) is 22.3. The number of amides is 1. The molecule has 3 aliphatic rings. The third kappa shape index (κ3) is 3.30. The van der Waals surface area contributed by atoms with Crippen molar-refractivity contribution in [1.82, 2.24) is 14.0 Å². The highest BCUT2D eigenvalue weighted by Crippen LogP contribution is 2.54. The van der Waals surface area contributed by atoms with E-state index in [4.69, 9.17) is 18.9 Å². The number of benzene rings is 4. The van der Waals surface area contributed by atoms with E-state index in [1.807, 2.05) is 54.3 Å². The quantitative estimate of drug-likeness (QED) is 0.258. The van der Waals surface area contributed by atoms with Gasteiger partial charge in [-0.15, -0.1) is 0 Å². The first kappa shape index (κ1) is 26.8. The minimum absolute atomic E-state index is 0.00410. The molecule has 1 saturated heterocycles. The van der Waals surface area contributed by atoms with Crippen molar-refractivity contribution in [2.24, 2.45) is 0 Å². The van der Waals surface area contributed by atoms with E-state index in [0.29, 0.717) is 31.0 Å². The van der Waals surface area contributed by atoms with Gasteiger partial charge in [0.25, 0.3) is 5.91 Å². The number of ether oxygens (including phenoxy) is 4. The maximum atomic E-state index is 14.6. The molecule has 0 aliphatic carbocycles. The average Bonchev–Trinajstić information content (AvgIpc) is 3.66. The summed E-state index contributed by atoms with van der Waals surface area (Å²) in [5.41, 5.74) is 5.60. The Kier molecular flexibility index (Phi) is 5.50. The molecule has 9 nitrogen and oxygen atoms in total. The monoisotopic (exact) mass is 603 g/mol. The number of carbonyl (C=O) groups is 1. The van der Waals surface area contributed by atoms with Gasteiger partial charge < -0.3 is 38.1 Å². The molecule has 1 fully saturated rings. The number of hydrogen-bond donors (Lipinski definition) is 1. The lowest BCUT2D eigenvalue weighted by molar-refractivity contribution is -0.278. The second-order valence-electron chi connectivity index (χ2n) is 12.5. The molecular formula is C36H33N3O6. The fourth-order valence-electron chi connectivity index (χ4n) is 8.49. The molecule has 2 bridgehead atoms. The maximum Gasteiger partial charge on any atom is 0.255 e. The minimum atomic E-state index is -1.01. The number of fused-ring (bicyclic) bond motifs is 13. The smallest absolute Gasteiger partial charge is 0.255 e. The Bertz CT molecular complexity index is 2230. The zero-order chi connectivity index (χ0) is 30.8. The first-order chi connectivity index (χ1) is 21.9. The van der Waals surface area contributed by atoms with Crippen LogP contribution in [0.25, 0.3) is 43.6 Å². The Balaban J connectivity index is 1.39. The van der Waals surface area contributed by atoms with Crippen molar-refractivity contribution in [2.75, 3.05) is 21.3 Å². The van der Waals surface area contributed by atoms with Crippen molar-refractivity contribution in [3.8, 4) is 11.5 Å². The molecule has 5 heterocycles. The van der Waals surface area contributed by atoms with Crippen LogP contribution in [0, 0.1) is 0 Å². The highest BCUT2D eigenvalue weighted by molar-refractivity contribution is 6.31. The molecule has 4 atom stereocenters. The van der Waals surface area contributed by atoms with Crippen LogP contribution in [0.5, 0.6) is 11.5 Å². The van der Waals surface area contributed by atoms with Crippen LogP contribution in [0.4, 0.5) is 0 Å². The largest absolute Gasteiger partial charge is 0.493 e. The number of nitrogens with zero attached hydrogens (tertiary/aromatic N) is 3. The zero-order valence-electron chi connectivity index (χ0n) is 25.5. The van der Waals surface area contributed by atoms with Crippen molar-refractivity contribution in [2.45, 2.75) is 50.6 Å². The number of aliphatic hydroxyl groups excluding tert-OH is 1. The Morgan fingerprint density at radius 1 is 0.911 bits per heavy atom. The highest BCUT2D eigenvalue weighted by Gasteiger charge is 2.53. The summed E-state index contributed by atoms with van der Waals surface area (Å²) in [7, 11) is 4.87. The maximum absolute atomic E-state index is 14.6. The summed E-state index contributed by atoms with van der Waals surface area (Å²) in [6.07, 6.45) is -1.46. The lowest BCUT2D eigenvalue weighted by Gasteiger charge is -2.46. The molecule has 9 heteroatoms. The molecule has 0 spiro atoms. The normalized spacial score (nSPS) is 23.9. The molecule has 45 heavy (non-hydrogen) atoms. The third-order valence-electron chi connectivity index (χ3n) is 10.2. The molecule has 3 aliphatic heterocycles. The fraction of sp³-hybridized carbons (Fsp3) is 0.306. The number of aromatic nitrogens is 2. The van der Waals surface area contributed by atoms with E-state index in [9.17, 15) is 9.90 Å². The number of carbonyl (C=O) groups excluding carboxylic acids is 1. The van der Waals surface area contributed by atoms with Crippen LogP contribution in [0.2, 0.25) is 0 Å². The molecule has 9 rings (SSSR count). The second kappa shape index (κ2) is 9.23. The summed E-state index contributed by atoms with van der Waals surface area (Å²) in [6.45, 7) is 2.90. The number of methoxy groups -OCH3 is 3. The summed E-state index contributed by atoms with van der Waals surface area (Å²) in [5, 5.41) is 15.5. The van der Waals surface area contributed by atoms with Crippen LogP contribution in [0.1, 0.15) is 41.1 Å². The van der Waals surface area contributed by atoms with Crippen LogP contribution in [0.15, 0.2) is 66.7 Å². The molecule has 0 radical (unpaired) electrons. The zero-order valence-corrected chi connectivity index (χ0v) is 25.5. The lowest BCUT2D eigenvalue weighted by Crippen LogP contribution is -2.56. The number of hydrogen-bond acceptors (Lipinski definition) is 6. The molecule has 0 saturated carbocycles. The van der Waals surface area contributed by atoms with Crippen molar-refractivity contribution >= 4 is 49.5 Å². The van der Waals surface area contributed by atoms with Gasteiger partial charge in [-0.2, -0.15) is 0 Å². The summed E-state index contributed by atoms with van der Waals surface area (Å²) >= 11 is 0. The van der Waals surface area contributed by atoms with E-state index < -0.39 is 24.2 Å². The van der Waals surface area contributed by atoms with Crippen LogP contribution < -0.4 is 9.47 Å². The predicted octanol–water partition coefficient (Wildman–Crippen LogP) is 6.06. The van der Waals surface area contributed by atoms with Gasteiger partial charge in [0.2, 0.25) is 0 Å². The molecule has 1 N–H and O–H groups in total. The molecule has 0 unspecified atom stereocenters. The van der Waals surface area contributed by atoms with Crippen LogP contribution >= 0.6 is 0 Å². The van der Waals surface area contributed by atoms with E-state index in [1.165, 1.54) is 0 Å². The minimum Gasteiger partial charge on any atom is -0.493 e. The van der Waals surface area contributed by atoms with E-state index in [-0.39, 0.29) is 5.91 Å². The van der Waals surface area contributed by atoms with Gasteiger partial charge in [-0.1, -0.05) is 42.5 Å². The second-order valence-corrected chi connectivity index (χ2v) is 12.5. The van der Waals surface area contributed by atoms with Gasteiger partial charge in [-0.3, -0.25) is 4.79 Å². The van der Waals surface area contributed by atoms with Gasteiger partial charge >= 0.3 is 0 Å². The van der Waals surface area contributed by atoms with Gasteiger partial charge in [0.15, 0.2) is 17.2 Å². The first-order valence-electron chi connectivity index (χ1n) is 15.3. The SMILES string of the molecule is COc1ccc(CN2Cc3c(c4c5ccccc5n5c4c4c3c3ccccc3n4[C@@]3(C)O[C@@H]5C[C@@H](O)[C@H]3OC)C2=O)cc1OC. The van der Waals surface area contributed by atoms with E-state index in [1.54, 1.807) is 21.3 Å². The Morgan fingerprint density at radius 2 is 1.62 bits per heavy atom. The Hall–Kier alpha value is -4.57. The number of rotatable bonds is 5. The van der Waals surface area contributed by atoms with Crippen LogP contribution in [-0.2, 0) is 28.3 Å². The molecular weight excluding hydrogens is 570 g/mol. The standard InChI is InChI=1S/C36H33N3O6/c1-36-34(44-4)25(40)16-28(45-36)38-23-11-7-5-9-20(23)30-31-22(29-21-10-6-8-12-24(21)39(36)33(29)32(30)38)18-37(35(31)41)17-19-13-14-26(42-2)27(15-19)43-3/h5-15,25,28,34,40H,16-18H2,1-4H3/t25-,28-,34-,36+/m1/s1. The van der Waals surface area contributed by atoms with Gasteiger partial charge in [-0.05, 0) is 42.3 Å². The van der Waals surface area contributed by atoms with Crippen molar-refractivity contribution in [3.05, 3.63) is 83.4 Å². The molecule has 6 aromatic rings. The van der Waals surface area contributed by atoms with Crippen molar-refractivity contribution < 1.29 is 28.8 Å². The topological polar surface area (TPSA) is 87.3 Å². The average molecular weight is 604 g/mol. The van der Waals surface area contributed by atoms with Gasteiger partial charge in [-0.25, -0.2) is 0 Å². The Morgan fingerprint density at radius 3 is 2.36 bits per heavy atom. The first-order valence-corrected chi connectivity index (χ1v) is 15.3. The molecule has 4 aromatic carbocycles. The lowest BCUT2D eigenvalue weighted by atomic mass is 9.95. The van der Waals surface area contributed by atoms with E-state index >= 15 is 0 Å². The van der Waals surface area contributed by atoms with Crippen LogP contribution in [0.3, 0.4) is 0 Å². The fourth-order valence-corrected chi connectivity index (χ4v) is 8.49.